The largest absolute Gasteiger partial charge is 0.481 e. The zero-order chi connectivity index (χ0) is 9.56. The van der Waals surface area contributed by atoms with Gasteiger partial charge in [0.2, 0.25) is 5.76 Å². The van der Waals surface area contributed by atoms with Gasteiger partial charge in [-0.2, -0.15) is 0 Å². The van der Waals surface area contributed by atoms with Gasteiger partial charge in [0, 0.05) is 6.92 Å². The van der Waals surface area contributed by atoms with Crippen LogP contribution in [0.15, 0.2) is 22.8 Å². The molecule has 0 unspecified atom stereocenters. The molecule has 1 rings (SSSR count). The van der Waals surface area contributed by atoms with Crippen molar-refractivity contribution < 1.29 is 24.2 Å². The third-order valence-electron chi connectivity index (χ3n) is 0.732. The van der Waals surface area contributed by atoms with Gasteiger partial charge >= 0.3 is 5.97 Å². The number of aromatic carboxylic acids is 1. The van der Waals surface area contributed by atoms with Crippen molar-refractivity contribution in [3.05, 3.63) is 24.2 Å². The van der Waals surface area contributed by atoms with E-state index in [1.54, 1.807) is 0 Å². The van der Waals surface area contributed by atoms with Crippen molar-refractivity contribution in [2.75, 3.05) is 0 Å². The Morgan fingerprint density at radius 1 is 1.42 bits per heavy atom. The summed E-state index contributed by atoms with van der Waals surface area (Å²) < 4.78 is 4.50. The highest BCUT2D eigenvalue weighted by Gasteiger charge is 2.01. The summed E-state index contributed by atoms with van der Waals surface area (Å²) in [5, 5.41) is 15.6. The molecule has 0 aliphatic heterocycles. The SMILES string of the molecule is CC(=O)O.O=C(O)c1ccco1. The van der Waals surface area contributed by atoms with Crippen LogP contribution in [0.4, 0.5) is 0 Å². The predicted octanol–water partition coefficient (Wildman–Crippen LogP) is 1.07. The van der Waals surface area contributed by atoms with Gasteiger partial charge in [0.1, 0.15) is 0 Å². The topological polar surface area (TPSA) is 87.7 Å². The summed E-state index contributed by atoms with van der Waals surface area (Å²) in [6.45, 7) is 1.08. The third-order valence-corrected chi connectivity index (χ3v) is 0.732. The lowest BCUT2D eigenvalue weighted by Gasteiger charge is -1.79. The molecule has 1 aromatic rings. The summed E-state index contributed by atoms with van der Waals surface area (Å²) >= 11 is 0. The van der Waals surface area contributed by atoms with E-state index in [4.69, 9.17) is 15.0 Å². The number of aliphatic carboxylic acids is 1. The average molecular weight is 172 g/mol. The van der Waals surface area contributed by atoms with Gasteiger partial charge in [-0.25, -0.2) is 4.79 Å². The Bertz CT molecular complexity index is 245. The lowest BCUT2D eigenvalue weighted by molar-refractivity contribution is -0.134. The van der Waals surface area contributed by atoms with Crippen LogP contribution in [0.2, 0.25) is 0 Å². The van der Waals surface area contributed by atoms with Crippen LogP contribution in [-0.4, -0.2) is 22.2 Å². The molecule has 1 aromatic heterocycles. The number of carboxylic acids is 2. The van der Waals surface area contributed by atoms with Gasteiger partial charge in [-0.1, -0.05) is 0 Å². The van der Waals surface area contributed by atoms with Gasteiger partial charge in [-0.3, -0.25) is 4.79 Å². The molecule has 0 radical (unpaired) electrons. The molecular formula is C7H8O5. The lowest BCUT2D eigenvalue weighted by atomic mass is 10.5. The highest BCUT2D eigenvalue weighted by Crippen LogP contribution is 1.97. The van der Waals surface area contributed by atoms with Crippen LogP contribution in [0.1, 0.15) is 17.5 Å². The Balaban J connectivity index is 0.000000261. The van der Waals surface area contributed by atoms with Gasteiger partial charge < -0.3 is 14.6 Å². The molecule has 0 bridgehead atoms. The Morgan fingerprint density at radius 3 is 2.08 bits per heavy atom. The zero-order valence-electron chi connectivity index (χ0n) is 6.35. The maximum atomic E-state index is 9.97. The minimum atomic E-state index is -1.03. The van der Waals surface area contributed by atoms with E-state index in [0.29, 0.717) is 0 Å². The number of rotatable bonds is 1. The van der Waals surface area contributed by atoms with E-state index in [9.17, 15) is 4.79 Å². The summed E-state index contributed by atoms with van der Waals surface area (Å²) in [7, 11) is 0. The highest BCUT2D eigenvalue weighted by molar-refractivity contribution is 5.84. The van der Waals surface area contributed by atoms with Crippen molar-refractivity contribution in [2.45, 2.75) is 6.92 Å². The third kappa shape index (κ3) is 5.04. The Hall–Kier alpha value is -1.78. The molecule has 0 aliphatic rings. The summed E-state index contributed by atoms with van der Waals surface area (Å²) in [6.07, 6.45) is 1.32. The second kappa shape index (κ2) is 4.95. The van der Waals surface area contributed by atoms with Gasteiger partial charge in [0.05, 0.1) is 6.26 Å². The molecule has 0 saturated heterocycles. The first-order chi connectivity index (χ1) is 5.54. The lowest BCUT2D eigenvalue weighted by Crippen LogP contribution is -1.90. The van der Waals surface area contributed by atoms with Crippen molar-refractivity contribution in [3.8, 4) is 0 Å². The number of hydrogen-bond donors (Lipinski definition) is 2. The quantitative estimate of drug-likeness (QED) is 0.661. The summed E-state index contributed by atoms with van der Waals surface area (Å²) in [4.78, 5) is 19.0. The second-order valence-electron chi connectivity index (χ2n) is 1.80. The minimum absolute atomic E-state index is 0.0231. The first kappa shape index (κ1) is 10.2. The zero-order valence-corrected chi connectivity index (χ0v) is 6.35. The minimum Gasteiger partial charge on any atom is -0.481 e. The fraction of sp³-hybridized carbons (Fsp3) is 0.143. The van der Waals surface area contributed by atoms with Crippen molar-refractivity contribution in [2.24, 2.45) is 0 Å². The summed E-state index contributed by atoms with van der Waals surface area (Å²) in [5.41, 5.74) is 0. The number of hydrogen-bond acceptors (Lipinski definition) is 3. The fourth-order valence-electron chi connectivity index (χ4n) is 0.400. The highest BCUT2D eigenvalue weighted by atomic mass is 16.4. The van der Waals surface area contributed by atoms with Gasteiger partial charge in [0.25, 0.3) is 5.97 Å². The standard InChI is InChI=1S/C5H4O3.C2H4O2/c6-5(7)4-2-1-3-8-4;1-2(3)4/h1-3H,(H,6,7);1H3,(H,3,4). The van der Waals surface area contributed by atoms with E-state index >= 15 is 0 Å². The van der Waals surface area contributed by atoms with E-state index < -0.39 is 11.9 Å². The maximum Gasteiger partial charge on any atom is 0.371 e. The van der Waals surface area contributed by atoms with Crippen LogP contribution < -0.4 is 0 Å². The van der Waals surface area contributed by atoms with Crippen molar-refractivity contribution >= 4 is 11.9 Å². The molecule has 2 N–H and O–H groups in total. The summed E-state index contributed by atoms with van der Waals surface area (Å²) in [5.74, 6) is -1.89. The van der Waals surface area contributed by atoms with Crippen LogP contribution >= 0.6 is 0 Å². The monoisotopic (exact) mass is 172 g/mol. The fourth-order valence-corrected chi connectivity index (χ4v) is 0.400. The Labute approximate surface area is 68.2 Å². The van der Waals surface area contributed by atoms with E-state index in [2.05, 4.69) is 4.42 Å². The maximum absolute atomic E-state index is 9.97. The van der Waals surface area contributed by atoms with Crippen LogP contribution in [0.25, 0.3) is 0 Å². The molecule has 1 heterocycles. The molecule has 12 heavy (non-hydrogen) atoms. The van der Waals surface area contributed by atoms with Gasteiger partial charge in [-0.15, -0.1) is 0 Å². The van der Waals surface area contributed by atoms with Gasteiger partial charge in [0.15, 0.2) is 0 Å². The molecule has 0 fully saturated rings. The van der Waals surface area contributed by atoms with Crippen molar-refractivity contribution in [1.29, 1.82) is 0 Å². The van der Waals surface area contributed by atoms with Crippen molar-refractivity contribution in [3.63, 3.8) is 0 Å². The van der Waals surface area contributed by atoms with Crippen LogP contribution in [0.3, 0.4) is 0 Å². The summed E-state index contributed by atoms with van der Waals surface area (Å²) in [6, 6.07) is 2.92. The second-order valence-corrected chi connectivity index (χ2v) is 1.80. The molecule has 0 aliphatic carbocycles. The molecule has 0 atom stereocenters. The Kier molecular flexibility index (Phi) is 4.21. The molecule has 0 amide bonds. The number of furan rings is 1. The molecule has 5 nitrogen and oxygen atoms in total. The normalized spacial score (nSPS) is 8.08. The van der Waals surface area contributed by atoms with E-state index in [0.717, 1.165) is 6.92 Å². The molecule has 0 spiro atoms. The molecule has 0 saturated carbocycles. The van der Waals surface area contributed by atoms with E-state index in [1.165, 1.54) is 18.4 Å². The number of carbonyl (C=O) groups is 2. The predicted molar refractivity (Wildman–Crippen MR) is 39.0 cm³/mol. The number of carboxylic acid groups (broad SMARTS) is 2. The molecular weight excluding hydrogens is 164 g/mol. The van der Waals surface area contributed by atoms with E-state index in [1.807, 2.05) is 0 Å². The van der Waals surface area contributed by atoms with Crippen molar-refractivity contribution in [1.82, 2.24) is 0 Å². The average Bonchev–Trinajstić information content (AvgIpc) is 2.34. The smallest absolute Gasteiger partial charge is 0.371 e. The van der Waals surface area contributed by atoms with Crippen LogP contribution in [0.5, 0.6) is 0 Å². The Morgan fingerprint density at radius 2 is 1.92 bits per heavy atom. The molecule has 66 valence electrons. The molecule has 0 aromatic carbocycles. The molecule has 5 heteroatoms. The first-order valence-electron chi connectivity index (χ1n) is 3.00. The van der Waals surface area contributed by atoms with Crippen LogP contribution in [0, 0.1) is 0 Å². The van der Waals surface area contributed by atoms with E-state index in [-0.39, 0.29) is 5.76 Å². The first-order valence-corrected chi connectivity index (χ1v) is 3.00. The van der Waals surface area contributed by atoms with Gasteiger partial charge in [-0.05, 0) is 12.1 Å². The van der Waals surface area contributed by atoms with Crippen LogP contribution in [-0.2, 0) is 4.79 Å².